The number of hydrogen-bond acceptors (Lipinski definition) is 1. The standard InChI is InChI=1S/C17H27N/c1-3-5-15-9-11-17(12-10-15)14(2)18-13-4-6-16-7-8-16/h9-12,14,16,18H,3-8,13H2,1-2H3. The molecule has 0 heterocycles. The number of nitrogens with one attached hydrogen (secondary N) is 1. The second-order valence-electron chi connectivity index (χ2n) is 5.75. The van der Waals surface area contributed by atoms with Crippen LogP contribution >= 0.6 is 0 Å². The molecule has 1 N–H and O–H groups in total. The lowest BCUT2D eigenvalue weighted by molar-refractivity contribution is 0.533. The molecular formula is C17H27N. The first-order chi connectivity index (χ1) is 8.79. The third-order valence-corrected chi connectivity index (χ3v) is 3.95. The Bertz CT molecular complexity index is 337. The van der Waals surface area contributed by atoms with Crippen molar-refractivity contribution in [2.24, 2.45) is 5.92 Å². The summed E-state index contributed by atoms with van der Waals surface area (Å²) in [7, 11) is 0. The van der Waals surface area contributed by atoms with Crippen molar-refractivity contribution in [3.63, 3.8) is 0 Å². The molecule has 1 heteroatoms. The van der Waals surface area contributed by atoms with E-state index in [1.165, 1.54) is 49.7 Å². The molecule has 1 atom stereocenters. The van der Waals surface area contributed by atoms with Crippen molar-refractivity contribution in [2.75, 3.05) is 6.54 Å². The van der Waals surface area contributed by atoms with E-state index in [-0.39, 0.29) is 0 Å². The normalized spacial score (nSPS) is 16.8. The fourth-order valence-electron chi connectivity index (χ4n) is 2.50. The molecule has 0 radical (unpaired) electrons. The van der Waals surface area contributed by atoms with Crippen LogP contribution in [0, 0.1) is 5.92 Å². The van der Waals surface area contributed by atoms with Gasteiger partial charge in [0, 0.05) is 6.04 Å². The summed E-state index contributed by atoms with van der Waals surface area (Å²) >= 11 is 0. The van der Waals surface area contributed by atoms with Crippen LogP contribution in [0.1, 0.15) is 63.1 Å². The van der Waals surface area contributed by atoms with Gasteiger partial charge in [-0.3, -0.25) is 0 Å². The molecule has 0 spiro atoms. The Kier molecular flexibility index (Phi) is 5.25. The van der Waals surface area contributed by atoms with E-state index >= 15 is 0 Å². The highest BCUT2D eigenvalue weighted by atomic mass is 14.9. The van der Waals surface area contributed by atoms with Gasteiger partial charge >= 0.3 is 0 Å². The number of aryl methyl sites for hydroxylation is 1. The van der Waals surface area contributed by atoms with Crippen LogP contribution < -0.4 is 5.32 Å². The molecule has 1 aliphatic carbocycles. The Hall–Kier alpha value is -0.820. The number of hydrogen-bond donors (Lipinski definition) is 1. The van der Waals surface area contributed by atoms with Crippen LogP contribution in [0.2, 0.25) is 0 Å². The zero-order valence-electron chi connectivity index (χ0n) is 11.9. The molecule has 1 aromatic rings. The topological polar surface area (TPSA) is 12.0 Å². The lowest BCUT2D eigenvalue weighted by Crippen LogP contribution is -2.19. The van der Waals surface area contributed by atoms with Gasteiger partial charge in [0.15, 0.2) is 0 Å². The predicted octanol–water partition coefficient (Wildman–Crippen LogP) is 4.48. The second kappa shape index (κ2) is 6.94. The molecule has 1 unspecified atom stereocenters. The summed E-state index contributed by atoms with van der Waals surface area (Å²) in [5, 5.41) is 3.63. The molecule has 0 saturated heterocycles. The van der Waals surface area contributed by atoms with Crippen LogP contribution in [0.4, 0.5) is 0 Å². The molecular weight excluding hydrogens is 218 g/mol. The van der Waals surface area contributed by atoms with Crippen LogP contribution in [-0.2, 0) is 6.42 Å². The van der Waals surface area contributed by atoms with Gasteiger partial charge in [0.25, 0.3) is 0 Å². The molecule has 18 heavy (non-hydrogen) atoms. The molecule has 1 saturated carbocycles. The Morgan fingerprint density at radius 2 is 1.94 bits per heavy atom. The van der Waals surface area contributed by atoms with Crippen molar-refractivity contribution in [1.29, 1.82) is 0 Å². The number of benzene rings is 1. The van der Waals surface area contributed by atoms with Crippen molar-refractivity contribution in [3.05, 3.63) is 35.4 Å². The first-order valence-corrected chi connectivity index (χ1v) is 7.62. The van der Waals surface area contributed by atoms with Gasteiger partial charge in [0.1, 0.15) is 0 Å². The SMILES string of the molecule is CCCc1ccc(C(C)NCCCC2CC2)cc1. The van der Waals surface area contributed by atoms with Crippen molar-refractivity contribution in [2.45, 2.75) is 58.4 Å². The summed E-state index contributed by atoms with van der Waals surface area (Å²) < 4.78 is 0. The summed E-state index contributed by atoms with van der Waals surface area (Å²) in [4.78, 5) is 0. The predicted molar refractivity (Wildman–Crippen MR) is 78.8 cm³/mol. The quantitative estimate of drug-likeness (QED) is 0.666. The highest BCUT2D eigenvalue weighted by Crippen LogP contribution is 2.33. The summed E-state index contributed by atoms with van der Waals surface area (Å²) in [5.74, 6) is 1.07. The van der Waals surface area contributed by atoms with E-state index in [1.807, 2.05) is 0 Å². The van der Waals surface area contributed by atoms with E-state index < -0.39 is 0 Å². The summed E-state index contributed by atoms with van der Waals surface area (Å²) in [5.41, 5.74) is 2.88. The van der Waals surface area contributed by atoms with Crippen molar-refractivity contribution >= 4 is 0 Å². The lowest BCUT2D eigenvalue weighted by Gasteiger charge is -2.14. The average molecular weight is 245 g/mol. The molecule has 1 fully saturated rings. The van der Waals surface area contributed by atoms with E-state index in [2.05, 4.69) is 43.4 Å². The average Bonchev–Trinajstić information content (AvgIpc) is 3.20. The Labute approximate surface area is 112 Å². The minimum absolute atomic E-state index is 0.486. The molecule has 0 aromatic heterocycles. The van der Waals surface area contributed by atoms with Gasteiger partial charge in [0.05, 0.1) is 0 Å². The summed E-state index contributed by atoms with van der Waals surface area (Å²) in [6.45, 7) is 5.66. The van der Waals surface area contributed by atoms with E-state index in [1.54, 1.807) is 0 Å². The van der Waals surface area contributed by atoms with Crippen molar-refractivity contribution in [3.8, 4) is 0 Å². The molecule has 2 rings (SSSR count). The minimum Gasteiger partial charge on any atom is -0.310 e. The molecule has 1 nitrogen and oxygen atoms in total. The monoisotopic (exact) mass is 245 g/mol. The van der Waals surface area contributed by atoms with E-state index in [9.17, 15) is 0 Å². The maximum Gasteiger partial charge on any atom is 0.0291 e. The first kappa shape index (κ1) is 13.6. The van der Waals surface area contributed by atoms with Gasteiger partial charge in [-0.05, 0) is 49.8 Å². The zero-order chi connectivity index (χ0) is 12.8. The highest BCUT2D eigenvalue weighted by molar-refractivity contribution is 5.24. The van der Waals surface area contributed by atoms with Gasteiger partial charge in [-0.25, -0.2) is 0 Å². The third kappa shape index (κ3) is 4.45. The van der Waals surface area contributed by atoms with Gasteiger partial charge in [-0.15, -0.1) is 0 Å². The van der Waals surface area contributed by atoms with Crippen LogP contribution in [0.25, 0.3) is 0 Å². The molecule has 0 aliphatic heterocycles. The van der Waals surface area contributed by atoms with Crippen LogP contribution in [0.5, 0.6) is 0 Å². The second-order valence-corrected chi connectivity index (χ2v) is 5.75. The zero-order valence-corrected chi connectivity index (χ0v) is 11.9. The fraction of sp³-hybridized carbons (Fsp3) is 0.647. The molecule has 1 aromatic carbocycles. The van der Waals surface area contributed by atoms with E-state index in [0.29, 0.717) is 6.04 Å². The largest absolute Gasteiger partial charge is 0.310 e. The Morgan fingerprint density at radius 3 is 2.56 bits per heavy atom. The molecule has 0 bridgehead atoms. The Balaban J connectivity index is 1.70. The minimum atomic E-state index is 0.486. The van der Waals surface area contributed by atoms with Gasteiger partial charge < -0.3 is 5.32 Å². The van der Waals surface area contributed by atoms with E-state index in [4.69, 9.17) is 0 Å². The highest BCUT2D eigenvalue weighted by Gasteiger charge is 2.20. The first-order valence-electron chi connectivity index (χ1n) is 7.62. The van der Waals surface area contributed by atoms with Gasteiger partial charge in [0.2, 0.25) is 0 Å². The van der Waals surface area contributed by atoms with Crippen molar-refractivity contribution < 1.29 is 0 Å². The van der Waals surface area contributed by atoms with E-state index in [0.717, 1.165) is 12.5 Å². The van der Waals surface area contributed by atoms with Gasteiger partial charge in [-0.2, -0.15) is 0 Å². The van der Waals surface area contributed by atoms with Crippen LogP contribution in [-0.4, -0.2) is 6.54 Å². The van der Waals surface area contributed by atoms with Gasteiger partial charge in [-0.1, -0.05) is 50.5 Å². The van der Waals surface area contributed by atoms with Crippen LogP contribution in [0.15, 0.2) is 24.3 Å². The van der Waals surface area contributed by atoms with Crippen LogP contribution in [0.3, 0.4) is 0 Å². The smallest absolute Gasteiger partial charge is 0.0291 e. The lowest BCUT2D eigenvalue weighted by atomic mass is 10.0. The maximum absolute atomic E-state index is 3.63. The summed E-state index contributed by atoms with van der Waals surface area (Å²) in [6, 6.07) is 9.61. The van der Waals surface area contributed by atoms with Crippen molar-refractivity contribution in [1.82, 2.24) is 5.32 Å². The Morgan fingerprint density at radius 1 is 1.22 bits per heavy atom. The third-order valence-electron chi connectivity index (χ3n) is 3.95. The fourth-order valence-corrected chi connectivity index (χ4v) is 2.50. The molecule has 0 amide bonds. The molecule has 1 aliphatic rings. The summed E-state index contributed by atoms with van der Waals surface area (Å²) in [6.07, 6.45) is 8.15. The maximum atomic E-state index is 3.63. The number of rotatable bonds is 8. The molecule has 100 valence electrons.